The van der Waals surface area contributed by atoms with Gasteiger partial charge in [0.15, 0.2) is 6.10 Å². The number of hydrogen-bond acceptors (Lipinski definition) is 5. The normalized spacial score (nSPS) is 21.9. The van der Waals surface area contributed by atoms with E-state index in [4.69, 9.17) is 19.1 Å². The van der Waals surface area contributed by atoms with Crippen LogP contribution >= 0.6 is 0 Å². The van der Waals surface area contributed by atoms with Crippen LogP contribution in [0.5, 0.6) is 0 Å². The maximum absolute atomic E-state index is 10.4. The van der Waals surface area contributed by atoms with E-state index in [9.17, 15) is 13.2 Å². The van der Waals surface area contributed by atoms with Crippen LogP contribution in [0.15, 0.2) is 35.7 Å². The van der Waals surface area contributed by atoms with E-state index >= 15 is 0 Å². The zero-order chi connectivity index (χ0) is 16.6. The summed E-state index contributed by atoms with van der Waals surface area (Å²) in [6.07, 6.45) is 0.218. The molecule has 1 aromatic rings. The molecule has 1 aliphatic heterocycles. The van der Waals surface area contributed by atoms with Crippen LogP contribution in [-0.2, 0) is 24.4 Å². The van der Waals surface area contributed by atoms with E-state index in [0.29, 0.717) is 13.2 Å². The van der Waals surface area contributed by atoms with E-state index < -0.39 is 22.2 Å². The Labute approximate surface area is 128 Å². The monoisotopic (exact) mass is 330 g/mol. The standard InChI is InChI=1S/C8H8O3S.C6H10O4/c9-12(10,11)7-6-8-4-2-1-3-5-8;1-4-5(6(7)8)10-3-2-9-4/h1-7H,(H,9,10,11);4-5H,2-3H2,1H3,(H,7,8). The summed E-state index contributed by atoms with van der Waals surface area (Å²) in [5, 5.41) is 9.26. The highest BCUT2D eigenvalue weighted by atomic mass is 32.2. The molecule has 0 aromatic heterocycles. The van der Waals surface area contributed by atoms with Gasteiger partial charge in [-0.15, -0.1) is 0 Å². The molecule has 0 bridgehead atoms. The van der Waals surface area contributed by atoms with Crippen LogP contribution in [0.25, 0.3) is 6.08 Å². The maximum atomic E-state index is 10.4. The largest absolute Gasteiger partial charge is 0.479 e. The summed E-state index contributed by atoms with van der Waals surface area (Å²) < 4.78 is 38.9. The molecule has 7 nitrogen and oxygen atoms in total. The number of carbonyl (C=O) groups is 1. The molecule has 1 heterocycles. The molecular weight excluding hydrogens is 312 g/mol. The van der Waals surface area contributed by atoms with Crippen molar-refractivity contribution in [2.24, 2.45) is 0 Å². The molecule has 1 aliphatic rings. The molecule has 0 saturated carbocycles. The predicted octanol–water partition coefficient (Wildman–Crippen LogP) is 1.42. The Kier molecular flexibility index (Phi) is 7.19. The summed E-state index contributed by atoms with van der Waals surface area (Å²) in [5.74, 6) is -0.952. The van der Waals surface area contributed by atoms with E-state index in [1.165, 1.54) is 6.08 Å². The maximum Gasteiger partial charge on any atom is 0.335 e. The van der Waals surface area contributed by atoms with Gasteiger partial charge < -0.3 is 14.6 Å². The van der Waals surface area contributed by atoms with Gasteiger partial charge in [-0.3, -0.25) is 4.55 Å². The fourth-order valence-electron chi connectivity index (χ4n) is 1.63. The van der Waals surface area contributed by atoms with Crippen molar-refractivity contribution >= 4 is 22.2 Å². The molecule has 2 atom stereocenters. The first kappa shape index (κ1) is 18.3. The molecule has 0 aliphatic carbocycles. The van der Waals surface area contributed by atoms with Gasteiger partial charge in [0.25, 0.3) is 10.1 Å². The van der Waals surface area contributed by atoms with Crippen LogP contribution in [-0.4, -0.2) is 49.5 Å². The van der Waals surface area contributed by atoms with Crippen LogP contribution in [0.2, 0.25) is 0 Å². The number of benzene rings is 1. The predicted molar refractivity (Wildman–Crippen MR) is 79.8 cm³/mol. The van der Waals surface area contributed by atoms with Crippen LogP contribution < -0.4 is 0 Å². The summed E-state index contributed by atoms with van der Waals surface area (Å²) in [5.41, 5.74) is 0.732. The second-order valence-electron chi connectivity index (χ2n) is 4.43. The van der Waals surface area contributed by atoms with Crippen molar-refractivity contribution in [3.05, 3.63) is 41.3 Å². The first-order chi connectivity index (χ1) is 10.3. The van der Waals surface area contributed by atoms with Gasteiger partial charge in [0.05, 0.1) is 24.7 Å². The molecule has 2 N–H and O–H groups in total. The van der Waals surface area contributed by atoms with Crippen LogP contribution in [0.3, 0.4) is 0 Å². The number of ether oxygens (including phenoxy) is 2. The van der Waals surface area contributed by atoms with Crippen molar-refractivity contribution < 1.29 is 32.3 Å². The van der Waals surface area contributed by atoms with Crippen molar-refractivity contribution in [1.82, 2.24) is 0 Å². The Morgan fingerprint density at radius 3 is 2.27 bits per heavy atom. The number of rotatable bonds is 3. The van der Waals surface area contributed by atoms with E-state index in [2.05, 4.69) is 0 Å². The highest BCUT2D eigenvalue weighted by Crippen LogP contribution is 2.08. The molecule has 1 saturated heterocycles. The average molecular weight is 330 g/mol. The third-order valence-electron chi connectivity index (χ3n) is 2.66. The van der Waals surface area contributed by atoms with E-state index in [0.717, 1.165) is 11.0 Å². The van der Waals surface area contributed by atoms with E-state index in [1.54, 1.807) is 31.2 Å². The molecule has 122 valence electrons. The van der Waals surface area contributed by atoms with E-state index in [1.807, 2.05) is 6.07 Å². The SMILES string of the molecule is CC1OCCOC1C(=O)O.O=S(=O)(O)C=Cc1ccccc1. The molecule has 2 unspecified atom stereocenters. The lowest BCUT2D eigenvalue weighted by Crippen LogP contribution is -2.41. The molecule has 0 radical (unpaired) electrons. The topological polar surface area (TPSA) is 110 Å². The van der Waals surface area contributed by atoms with Gasteiger partial charge in [-0.2, -0.15) is 8.42 Å². The first-order valence-electron chi connectivity index (χ1n) is 6.46. The molecular formula is C14H18O7S. The Bertz CT molecular complexity index is 595. The fourth-order valence-corrected chi connectivity index (χ4v) is 1.96. The lowest BCUT2D eigenvalue weighted by Gasteiger charge is -2.25. The quantitative estimate of drug-likeness (QED) is 0.806. The highest BCUT2D eigenvalue weighted by Gasteiger charge is 2.28. The lowest BCUT2D eigenvalue weighted by molar-refractivity contribution is -0.177. The molecule has 1 aromatic carbocycles. The van der Waals surface area contributed by atoms with Crippen molar-refractivity contribution in [2.75, 3.05) is 13.2 Å². The summed E-state index contributed by atoms with van der Waals surface area (Å²) in [7, 11) is -4.00. The van der Waals surface area contributed by atoms with Gasteiger partial charge in [-0.1, -0.05) is 30.3 Å². The van der Waals surface area contributed by atoms with E-state index in [-0.39, 0.29) is 6.10 Å². The zero-order valence-corrected chi connectivity index (χ0v) is 12.8. The Morgan fingerprint density at radius 2 is 1.82 bits per heavy atom. The van der Waals surface area contributed by atoms with Crippen LogP contribution in [0, 0.1) is 0 Å². The number of carboxylic acids is 1. The molecule has 2 rings (SSSR count). The van der Waals surface area contributed by atoms with Crippen molar-refractivity contribution in [1.29, 1.82) is 0 Å². The summed E-state index contributed by atoms with van der Waals surface area (Å²) >= 11 is 0. The first-order valence-corrected chi connectivity index (χ1v) is 7.96. The third-order valence-corrected chi connectivity index (χ3v) is 3.14. The van der Waals surface area contributed by atoms with Gasteiger partial charge >= 0.3 is 5.97 Å². The number of carboxylic acid groups (broad SMARTS) is 1. The number of hydrogen-bond donors (Lipinski definition) is 2. The molecule has 0 spiro atoms. The zero-order valence-electron chi connectivity index (χ0n) is 12.0. The molecule has 22 heavy (non-hydrogen) atoms. The Balaban J connectivity index is 0.000000224. The highest BCUT2D eigenvalue weighted by molar-refractivity contribution is 7.88. The second-order valence-corrected chi connectivity index (χ2v) is 5.74. The minimum Gasteiger partial charge on any atom is -0.479 e. The summed E-state index contributed by atoms with van der Waals surface area (Å²) in [6, 6.07) is 8.86. The van der Waals surface area contributed by atoms with Crippen molar-refractivity contribution in [3.63, 3.8) is 0 Å². The minimum absolute atomic E-state index is 0.328. The number of aliphatic carboxylic acids is 1. The van der Waals surface area contributed by atoms with Crippen molar-refractivity contribution in [2.45, 2.75) is 19.1 Å². The van der Waals surface area contributed by atoms with Crippen LogP contribution in [0.4, 0.5) is 0 Å². The van der Waals surface area contributed by atoms with Gasteiger partial charge in [0.1, 0.15) is 0 Å². The second kappa shape index (κ2) is 8.64. The fraction of sp³-hybridized carbons (Fsp3) is 0.357. The average Bonchev–Trinajstić information content (AvgIpc) is 2.46. The molecule has 0 amide bonds. The van der Waals surface area contributed by atoms with Crippen molar-refractivity contribution in [3.8, 4) is 0 Å². The summed E-state index contributed by atoms with van der Waals surface area (Å²) in [4.78, 5) is 10.4. The molecule has 1 fully saturated rings. The van der Waals surface area contributed by atoms with Gasteiger partial charge in [0, 0.05) is 0 Å². The summed E-state index contributed by atoms with van der Waals surface area (Å²) in [6.45, 7) is 2.56. The Hall–Kier alpha value is -1.74. The van der Waals surface area contributed by atoms with Gasteiger partial charge in [-0.25, -0.2) is 4.79 Å². The third kappa shape index (κ3) is 7.32. The minimum atomic E-state index is -4.00. The van der Waals surface area contributed by atoms with Crippen LogP contribution in [0.1, 0.15) is 12.5 Å². The lowest BCUT2D eigenvalue weighted by atomic mass is 10.2. The van der Waals surface area contributed by atoms with Gasteiger partial charge in [-0.05, 0) is 18.6 Å². The smallest absolute Gasteiger partial charge is 0.335 e. The Morgan fingerprint density at radius 1 is 1.23 bits per heavy atom. The van der Waals surface area contributed by atoms with Gasteiger partial charge in [0.2, 0.25) is 0 Å². The molecule has 8 heteroatoms.